The zero-order chi connectivity index (χ0) is 14.7. The van der Waals surface area contributed by atoms with Crippen LogP contribution in [0.1, 0.15) is 28.3 Å². The van der Waals surface area contributed by atoms with Crippen LogP contribution in [0.4, 0.5) is 0 Å². The van der Waals surface area contributed by atoms with Gasteiger partial charge < -0.3 is 0 Å². The molecule has 4 heteroatoms. The van der Waals surface area contributed by atoms with Crippen LogP contribution in [0.3, 0.4) is 0 Å². The number of aryl methyl sites for hydroxylation is 2. The first-order valence-corrected chi connectivity index (χ1v) is 7.65. The monoisotopic (exact) mass is 352 g/mol. The van der Waals surface area contributed by atoms with Crippen molar-refractivity contribution in [2.75, 3.05) is 0 Å². The van der Waals surface area contributed by atoms with Gasteiger partial charge in [-0.05, 0) is 60.7 Å². The molecule has 2 nitrogen and oxygen atoms in total. The summed E-state index contributed by atoms with van der Waals surface area (Å²) in [6.45, 7) is 4.26. The predicted octanol–water partition coefficient (Wildman–Crippen LogP) is 4.47. The molecule has 0 amide bonds. The van der Waals surface area contributed by atoms with E-state index in [4.69, 9.17) is 17.4 Å². The summed E-state index contributed by atoms with van der Waals surface area (Å²) in [6, 6.07) is 12.2. The molecule has 0 aliphatic carbocycles. The molecule has 0 bridgehead atoms. The van der Waals surface area contributed by atoms with E-state index >= 15 is 0 Å². The number of hydrogen-bond donors (Lipinski definition) is 2. The Hall–Kier alpha value is -0.870. The van der Waals surface area contributed by atoms with Gasteiger partial charge in [0.25, 0.3) is 0 Å². The molecule has 0 aliphatic heterocycles. The van der Waals surface area contributed by atoms with Crippen molar-refractivity contribution in [2.24, 2.45) is 5.84 Å². The fourth-order valence-corrected chi connectivity index (χ4v) is 3.31. The van der Waals surface area contributed by atoms with Gasteiger partial charge >= 0.3 is 0 Å². The van der Waals surface area contributed by atoms with Gasteiger partial charge in [0, 0.05) is 9.50 Å². The van der Waals surface area contributed by atoms with E-state index in [-0.39, 0.29) is 6.04 Å². The van der Waals surface area contributed by atoms with Crippen LogP contribution >= 0.6 is 27.5 Å². The van der Waals surface area contributed by atoms with E-state index in [1.54, 1.807) is 0 Å². The van der Waals surface area contributed by atoms with Crippen molar-refractivity contribution in [2.45, 2.75) is 26.3 Å². The number of benzene rings is 2. The second-order valence-electron chi connectivity index (χ2n) is 5.00. The maximum atomic E-state index is 6.12. The maximum Gasteiger partial charge on any atom is 0.0501 e. The third-order valence-electron chi connectivity index (χ3n) is 3.54. The van der Waals surface area contributed by atoms with Gasteiger partial charge in [-0.2, -0.15) is 0 Å². The van der Waals surface area contributed by atoms with E-state index in [0.29, 0.717) is 5.02 Å². The van der Waals surface area contributed by atoms with Crippen LogP contribution in [0.25, 0.3) is 0 Å². The standard InChI is InChI=1S/C16H18BrClN2/c1-10-4-3-5-11(2)15(10)9-16(20-19)12-6-13(17)8-14(18)7-12/h3-8,16,20H,9,19H2,1-2H3. The Balaban J connectivity index is 2.33. The van der Waals surface area contributed by atoms with Crippen LogP contribution < -0.4 is 11.3 Å². The molecule has 0 aliphatic rings. The molecular weight excluding hydrogens is 336 g/mol. The lowest BCUT2D eigenvalue weighted by atomic mass is 9.93. The quantitative estimate of drug-likeness (QED) is 0.629. The SMILES string of the molecule is Cc1cccc(C)c1CC(NN)c1cc(Cl)cc(Br)c1. The molecule has 0 aromatic heterocycles. The highest BCUT2D eigenvalue weighted by Gasteiger charge is 2.14. The smallest absolute Gasteiger partial charge is 0.0501 e. The third kappa shape index (κ3) is 3.61. The average molecular weight is 354 g/mol. The minimum absolute atomic E-state index is 0.0322. The van der Waals surface area contributed by atoms with Gasteiger partial charge in [-0.3, -0.25) is 11.3 Å². The molecule has 2 aromatic carbocycles. The summed E-state index contributed by atoms with van der Waals surface area (Å²) in [6.07, 6.45) is 0.835. The van der Waals surface area contributed by atoms with Crippen molar-refractivity contribution >= 4 is 27.5 Å². The van der Waals surface area contributed by atoms with E-state index < -0.39 is 0 Å². The molecule has 20 heavy (non-hydrogen) atoms. The van der Waals surface area contributed by atoms with Crippen LogP contribution in [-0.4, -0.2) is 0 Å². The lowest BCUT2D eigenvalue weighted by molar-refractivity contribution is 0.549. The Morgan fingerprint density at radius 1 is 1.20 bits per heavy atom. The Bertz CT molecular complexity index is 573. The van der Waals surface area contributed by atoms with E-state index in [0.717, 1.165) is 16.5 Å². The number of nitrogens with two attached hydrogens (primary N) is 1. The molecule has 3 N–H and O–H groups in total. The maximum absolute atomic E-state index is 6.12. The molecule has 0 heterocycles. The summed E-state index contributed by atoms with van der Waals surface area (Å²) in [5, 5.41) is 0.705. The number of hydrazine groups is 1. The molecule has 1 unspecified atom stereocenters. The number of nitrogens with one attached hydrogen (secondary N) is 1. The third-order valence-corrected chi connectivity index (χ3v) is 4.22. The second-order valence-corrected chi connectivity index (χ2v) is 6.35. The predicted molar refractivity (Wildman–Crippen MR) is 88.8 cm³/mol. The van der Waals surface area contributed by atoms with Crippen molar-refractivity contribution in [1.29, 1.82) is 0 Å². The first-order chi connectivity index (χ1) is 9.51. The van der Waals surface area contributed by atoms with Crippen molar-refractivity contribution in [3.8, 4) is 0 Å². The lowest BCUT2D eigenvalue weighted by Crippen LogP contribution is -2.30. The van der Waals surface area contributed by atoms with Gasteiger partial charge in [0.1, 0.15) is 0 Å². The average Bonchev–Trinajstić information content (AvgIpc) is 2.37. The first-order valence-electron chi connectivity index (χ1n) is 6.48. The fraction of sp³-hybridized carbons (Fsp3) is 0.250. The van der Waals surface area contributed by atoms with E-state index in [1.807, 2.05) is 18.2 Å². The molecule has 0 saturated heterocycles. The number of hydrogen-bond acceptors (Lipinski definition) is 2. The Labute approximate surface area is 133 Å². The molecule has 106 valence electrons. The van der Waals surface area contributed by atoms with Gasteiger partial charge in [-0.1, -0.05) is 45.7 Å². The summed E-state index contributed by atoms with van der Waals surface area (Å²) in [4.78, 5) is 0. The molecule has 0 saturated carbocycles. The highest BCUT2D eigenvalue weighted by atomic mass is 79.9. The Morgan fingerprint density at radius 3 is 2.40 bits per heavy atom. The van der Waals surface area contributed by atoms with Gasteiger partial charge in [-0.15, -0.1) is 0 Å². The molecule has 0 radical (unpaired) electrons. The normalized spacial score (nSPS) is 12.4. The van der Waals surface area contributed by atoms with E-state index in [9.17, 15) is 0 Å². The van der Waals surface area contributed by atoms with Crippen molar-refractivity contribution in [3.05, 3.63) is 68.1 Å². The fourth-order valence-electron chi connectivity index (χ4n) is 2.42. The Morgan fingerprint density at radius 2 is 1.85 bits per heavy atom. The number of rotatable bonds is 4. The minimum Gasteiger partial charge on any atom is -0.271 e. The van der Waals surface area contributed by atoms with Gasteiger partial charge in [0.05, 0.1) is 6.04 Å². The topological polar surface area (TPSA) is 38.0 Å². The highest BCUT2D eigenvalue weighted by Crippen LogP contribution is 2.27. The van der Waals surface area contributed by atoms with Crippen LogP contribution in [0, 0.1) is 13.8 Å². The van der Waals surface area contributed by atoms with Gasteiger partial charge in [-0.25, -0.2) is 0 Å². The van der Waals surface area contributed by atoms with Crippen LogP contribution in [0.5, 0.6) is 0 Å². The van der Waals surface area contributed by atoms with E-state index in [2.05, 4.69) is 53.4 Å². The van der Waals surface area contributed by atoms with E-state index in [1.165, 1.54) is 16.7 Å². The van der Waals surface area contributed by atoms with Crippen molar-refractivity contribution in [3.63, 3.8) is 0 Å². The van der Waals surface area contributed by atoms with Crippen molar-refractivity contribution in [1.82, 2.24) is 5.43 Å². The molecule has 2 aromatic rings. The number of halogens is 2. The summed E-state index contributed by atoms with van der Waals surface area (Å²) in [7, 11) is 0. The van der Waals surface area contributed by atoms with Gasteiger partial charge in [0.2, 0.25) is 0 Å². The summed E-state index contributed by atoms with van der Waals surface area (Å²) in [5.74, 6) is 5.74. The second kappa shape index (κ2) is 6.72. The highest BCUT2D eigenvalue weighted by molar-refractivity contribution is 9.10. The summed E-state index contributed by atoms with van der Waals surface area (Å²) >= 11 is 9.59. The summed E-state index contributed by atoms with van der Waals surface area (Å²) in [5.41, 5.74) is 7.87. The largest absolute Gasteiger partial charge is 0.271 e. The molecular formula is C16H18BrClN2. The Kier molecular flexibility index (Phi) is 5.22. The van der Waals surface area contributed by atoms with Crippen LogP contribution in [0.15, 0.2) is 40.9 Å². The molecule has 0 spiro atoms. The zero-order valence-corrected chi connectivity index (χ0v) is 13.9. The van der Waals surface area contributed by atoms with Crippen molar-refractivity contribution < 1.29 is 0 Å². The van der Waals surface area contributed by atoms with Gasteiger partial charge in [0.15, 0.2) is 0 Å². The minimum atomic E-state index is 0.0322. The first kappa shape index (κ1) is 15.5. The molecule has 0 fully saturated rings. The van der Waals surface area contributed by atoms with Crippen LogP contribution in [0.2, 0.25) is 5.02 Å². The summed E-state index contributed by atoms with van der Waals surface area (Å²) < 4.78 is 0.960. The molecule has 1 atom stereocenters. The molecule has 2 rings (SSSR count). The zero-order valence-electron chi connectivity index (χ0n) is 11.6. The lowest BCUT2D eigenvalue weighted by Gasteiger charge is -2.20. The van der Waals surface area contributed by atoms with Crippen LogP contribution in [-0.2, 0) is 6.42 Å².